The van der Waals surface area contributed by atoms with Crippen molar-refractivity contribution in [2.75, 3.05) is 13.7 Å². The second-order valence-electron chi connectivity index (χ2n) is 4.91. The average Bonchev–Trinajstić information content (AvgIpc) is 2.41. The lowest BCUT2D eigenvalue weighted by Crippen LogP contribution is -2.50. The van der Waals surface area contributed by atoms with E-state index in [9.17, 15) is 4.79 Å². The van der Waals surface area contributed by atoms with Crippen LogP contribution in [0.5, 0.6) is 0 Å². The number of benzene rings is 1. The first-order valence-corrected chi connectivity index (χ1v) is 6.29. The molecule has 1 saturated heterocycles. The lowest BCUT2D eigenvalue weighted by molar-refractivity contribution is 0.0600. The van der Waals surface area contributed by atoms with Crippen molar-refractivity contribution in [2.45, 2.75) is 31.3 Å². The molecule has 0 spiro atoms. The number of hydrogen-bond acceptors (Lipinski definition) is 4. The van der Waals surface area contributed by atoms with Crippen LogP contribution < -0.4 is 11.1 Å². The molecule has 4 heteroatoms. The molecule has 4 nitrogen and oxygen atoms in total. The highest BCUT2D eigenvalue weighted by Crippen LogP contribution is 2.25. The van der Waals surface area contributed by atoms with Crippen LogP contribution in [-0.2, 0) is 4.74 Å². The van der Waals surface area contributed by atoms with E-state index in [0.29, 0.717) is 17.5 Å². The molecule has 1 aliphatic heterocycles. The van der Waals surface area contributed by atoms with Gasteiger partial charge in [-0.05, 0) is 37.0 Å². The second kappa shape index (κ2) is 5.50. The Balaban J connectivity index is 2.16. The molecule has 3 unspecified atom stereocenters. The molecule has 0 saturated carbocycles. The van der Waals surface area contributed by atoms with E-state index in [1.165, 1.54) is 7.11 Å². The Kier molecular flexibility index (Phi) is 3.99. The van der Waals surface area contributed by atoms with E-state index >= 15 is 0 Å². The maximum atomic E-state index is 11.5. The van der Waals surface area contributed by atoms with E-state index in [2.05, 4.69) is 12.2 Å². The monoisotopic (exact) mass is 248 g/mol. The first-order chi connectivity index (χ1) is 8.61. The van der Waals surface area contributed by atoms with E-state index in [4.69, 9.17) is 10.5 Å². The predicted molar refractivity (Wildman–Crippen MR) is 70.6 cm³/mol. The normalized spacial score (nSPS) is 27.8. The highest BCUT2D eigenvalue weighted by Gasteiger charge is 2.25. The first kappa shape index (κ1) is 13.1. The zero-order valence-electron chi connectivity index (χ0n) is 10.8. The number of nitrogens with one attached hydrogen (secondary N) is 1. The summed E-state index contributed by atoms with van der Waals surface area (Å²) in [5.41, 5.74) is 7.82. The van der Waals surface area contributed by atoms with Gasteiger partial charge in [-0.15, -0.1) is 0 Å². The minimum absolute atomic E-state index is 0.158. The van der Waals surface area contributed by atoms with Crippen molar-refractivity contribution in [3.8, 4) is 0 Å². The van der Waals surface area contributed by atoms with E-state index in [1.54, 1.807) is 6.07 Å². The van der Waals surface area contributed by atoms with Crippen molar-refractivity contribution in [3.63, 3.8) is 0 Å². The Bertz CT molecular complexity index is 434. The summed E-state index contributed by atoms with van der Waals surface area (Å²) in [6.45, 7) is 3.01. The third-order valence-electron chi connectivity index (χ3n) is 3.66. The molecule has 1 fully saturated rings. The van der Waals surface area contributed by atoms with Gasteiger partial charge in [0.15, 0.2) is 0 Å². The van der Waals surface area contributed by atoms with Crippen molar-refractivity contribution in [2.24, 2.45) is 5.73 Å². The van der Waals surface area contributed by atoms with Gasteiger partial charge in [-0.25, -0.2) is 4.79 Å². The predicted octanol–water partition coefficient (Wildman–Crippen LogP) is 1.27. The smallest absolute Gasteiger partial charge is 0.337 e. The summed E-state index contributed by atoms with van der Waals surface area (Å²) in [5, 5.41) is 3.40. The van der Waals surface area contributed by atoms with Crippen molar-refractivity contribution >= 4 is 5.97 Å². The van der Waals surface area contributed by atoms with Gasteiger partial charge >= 0.3 is 5.97 Å². The van der Waals surface area contributed by atoms with Crippen molar-refractivity contribution in [1.29, 1.82) is 0 Å². The van der Waals surface area contributed by atoms with Gasteiger partial charge in [0.1, 0.15) is 0 Å². The number of ether oxygens (including phenoxy) is 1. The molecule has 98 valence electrons. The molecular weight excluding hydrogens is 228 g/mol. The first-order valence-electron chi connectivity index (χ1n) is 6.29. The molecular formula is C14H20N2O2. The Morgan fingerprint density at radius 3 is 2.94 bits per heavy atom. The third-order valence-corrected chi connectivity index (χ3v) is 3.66. The zero-order chi connectivity index (χ0) is 13.1. The van der Waals surface area contributed by atoms with E-state index < -0.39 is 0 Å². The van der Waals surface area contributed by atoms with Gasteiger partial charge in [0.2, 0.25) is 0 Å². The van der Waals surface area contributed by atoms with E-state index in [-0.39, 0.29) is 12.0 Å². The van der Waals surface area contributed by atoms with Crippen LogP contribution in [0.15, 0.2) is 24.3 Å². The standard InChI is InChI=1S/C14H20N2O2/c1-9-13(15)7-12(8-16-9)10-4-3-5-11(6-10)14(17)18-2/h3-6,9,12-13,16H,7-8,15H2,1-2H3. The van der Waals surface area contributed by atoms with Gasteiger partial charge in [-0.1, -0.05) is 12.1 Å². The molecule has 1 aliphatic rings. The van der Waals surface area contributed by atoms with Crippen LogP contribution in [0.4, 0.5) is 0 Å². The fourth-order valence-corrected chi connectivity index (χ4v) is 2.39. The Morgan fingerprint density at radius 1 is 1.50 bits per heavy atom. The number of methoxy groups -OCH3 is 1. The lowest BCUT2D eigenvalue weighted by atomic mass is 9.86. The lowest BCUT2D eigenvalue weighted by Gasteiger charge is -2.33. The van der Waals surface area contributed by atoms with Crippen molar-refractivity contribution in [3.05, 3.63) is 35.4 Å². The summed E-state index contributed by atoms with van der Waals surface area (Å²) < 4.78 is 4.74. The molecule has 0 bridgehead atoms. The average molecular weight is 248 g/mol. The number of carbonyl (C=O) groups is 1. The quantitative estimate of drug-likeness (QED) is 0.774. The molecule has 3 atom stereocenters. The largest absolute Gasteiger partial charge is 0.465 e. The summed E-state index contributed by atoms with van der Waals surface area (Å²) in [6, 6.07) is 8.12. The number of esters is 1. The molecule has 0 aromatic heterocycles. The Hall–Kier alpha value is -1.39. The van der Waals surface area contributed by atoms with Crippen molar-refractivity contribution in [1.82, 2.24) is 5.32 Å². The van der Waals surface area contributed by atoms with Crippen LogP contribution in [0.2, 0.25) is 0 Å². The van der Waals surface area contributed by atoms with Crippen LogP contribution in [0.25, 0.3) is 0 Å². The maximum Gasteiger partial charge on any atom is 0.337 e. The zero-order valence-corrected chi connectivity index (χ0v) is 10.8. The van der Waals surface area contributed by atoms with Gasteiger partial charge < -0.3 is 15.8 Å². The summed E-state index contributed by atoms with van der Waals surface area (Å²) in [4.78, 5) is 11.5. The number of rotatable bonds is 2. The molecule has 1 aromatic carbocycles. The SMILES string of the molecule is COC(=O)c1cccc(C2CNC(C)C(N)C2)c1. The number of carbonyl (C=O) groups excluding carboxylic acids is 1. The van der Waals surface area contributed by atoms with Crippen LogP contribution >= 0.6 is 0 Å². The topological polar surface area (TPSA) is 64.3 Å². The fourth-order valence-electron chi connectivity index (χ4n) is 2.39. The van der Waals surface area contributed by atoms with Crippen LogP contribution in [-0.4, -0.2) is 31.7 Å². The number of nitrogens with two attached hydrogens (primary N) is 1. The highest BCUT2D eigenvalue weighted by atomic mass is 16.5. The molecule has 0 radical (unpaired) electrons. The molecule has 0 aliphatic carbocycles. The van der Waals surface area contributed by atoms with Gasteiger partial charge in [0.25, 0.3) is 0 Å². The minimum Gasteiger partial charge on any atom is -0.465 e. The molecule has 2 rings (SSSR count). The minimum atomic E-state index is -0.293. The van der Waals surface area contributed by atoms with Crippen LogP contribution in [0.1, 0.15) is 35.2 Å². The molecule has 1 heterocycles. The number of hydrogen-bond donors (Lipinski definition) is 2. The number of piperidine rings is 1. The van der Waals surface area contributed by atoms with Crippen LogP contribution in [0.3, 0.4) is 0 Å². The van der Waals surface area contributed by atoms with Gasteiger partial charge in [0, 0.05) is 18.6 Å². The Morgan fingerprint density at radius 2 is 2.28 bits per heavy atom. The van der Waals surface area contributed by atoms with Crippen molar-refractivity contribution < 1.29 is 9.53 Å². The summed E-state index contributed by atoms with van der Waals surface area (Å²) in [5.74, 6) is 0.0686. The summed E-state index contributed by atoms with van der Waals surface area (Å²) in [7, 11) is 1.40. The maximum absolute atomic E-state index is 11.5. The third kappa shape index (κ3) is 2.71. The molecule has 0 amide bonds. The van der Waals surface area contributed by atoms with Gasteiger partial charge in [-0.2, -0.15) is 0 Å². The molecule has 3 N–H and O–H groups in total. The van der Waals surface area contributed by atoms with Crippen LogP contribution in [0, 0.1) is 0 Å². The van der Waals surface area contributed by atoms with Gasteiger partial charge in [-0.3, -0.25) is 0 Å². The fraction of sp³-hybridized carbons (Fsp3) is 0.500. The molecule has 1 aromatic rings. The van der Waals surface area contributed by atoms with E-state index in [0.717, 1.165) is 18.5 Å². The highest BCUT2D eigenvalue weighted by molar-refractivity contribution is 5.89. The second-order valence-corrected chi connectivity index (χ2v) is 4.91. The Labute approximate surface area is 108 Å². The molecule has 18 heavy (non-hydrogen) atoms. The summed E-state index contributed by atoms with van der Waals surface area (Å²) in [6.07, 6.45) is 0.943. The van der Waals surface area contributed by atoms with Gasteiger partial charge in [0.05, 0.1) is 12.7 Å². The summed E-state index contributed by atoms with van der Waals surface area (Å²) >= 11 is 0. The van der Waals surface area contributed by atoms with E-state index in [1.807, 2.05) is 18.2 Å².